The van der Waals surface area contributed by atoms with E-state index in [9.17, 15) is 38.4 Å². The van der Waals surface area contributed by atoms with Crippen LogP contribution >= 0.6 is 0 Å². The molecule has 0 radical (unpaired) electrons. The second-order valence-electron chi connectivity index (χ2n) is 22.4. The highest BCUT2D eigenvalue weighted by Gasteiger charge is 2.42. The molecule has 0 amide bonds. The molecule has 472 valence electrons. The minimum Gasteiger partial charge on any atom is -0.465 e. The number of carbonyl (C=O) groups excluding carboxylic acids is 8. The van der Waals surface area contributed by atoms with E-state index in [2.05, 4.69) is 0 Å². The van der Waals surface area contributed by atoms with Crippen LogP contribution in [0.1, 0.15) is 261 Å². The molecule has 0 bridgehead atoms. The first-order valence-corrected chi connectivity index (χ1v) is 31.5. The van der Waals surface area contributed by atoms with Crippen LogP contribution < -0.4 is 0 Å². The number of hydrogen-bond donors (Lipinski definition) is 0. The van der Waals surface area contributed by atoms with E-state index in [-0.39, 0.29) is 131 Å². The maximum atomic E-state index is 13.5. The summed E-state index contributed by atoms with van der Waals surface area (Å²) in [5.74, 6) is -3.95. The number of ether oxygens (including phenoxy) is 10. The third-order valence-electron chi connectivity index (χ3n) is 13.8. The highest BCUT2D eigenvalue weighted by Crippen LogP contribution is 2.30. The Bertz CT molecular complexity index is 1430. The number of hydrogen-bond acceptors (Lipinski definition) is 18. The van der Waals surface area contributed by atoms with Crippen molar-refractivity contribution >= 4 is 47.8 Å². The van der Waals surface area contributed by atoms with Crippen LogP contribution in [0, 0.1) is 16.2 Å². The highest BCUT2D eigenvalue weighted by atomic mass is 16.6. The van der Waals surface area contributed by atoms with E-state index in [4.69, 9.17) is 47.4 Å². The fraction of sp³-hybridized carbons (Fsp3) is 0.873. The summed E-state index contributed by atoms with van der Waals surface area (Å²) in [5, 5.41) is 0. The van der Waals surface area contributed by atoms with Crippen molar-refractivity contribution in [1.29, 1.82) is 0 Å². The highest BCUT2D eigenvalue weighted by molar-refractivity contribution is 5.72. The monoisotopic (exact) mass is 1160 g/mol. The predicted molar refractivity (Wildman–Crippen MR) is 310 cm³/mol. The standard InChI is InChI=1S/C63H112O18/c1-9-17-25-33-53(64)74-45-61(46-75-54(65)34-26-18-10-2,41-72-43-62(47-76-55(66)35-27-19-11-3,48-77-56(67)36-28-20-12-4)49-78-57(68)37-29-21-13-5)42-73-44-63(50-79-58(69)38-30-22-14-6,51-80-59(70)39-31-23-15-7)52-81-60(71)40-32-24-16-8/h9-52H2,1-8H3. The summed E-state index contributed by atoms with van der Waals surface area (Å²) in [6, 6.07) is 0. The Morgan fingerprint density at radius 3 is 0.444 bits per heavy atom. The Balaban J connectivity index is 7.82. The molecule has 0 saturated carbocycles. The minimum absolute atomic E-state index is 0.113. The summed E-state index contributed by atoms with van der Waals surface area (Å²) in [5.41, 5.74) is -4.34. The molecule has 0 spiro atoms. The molecule has 0 aliphatic rings. The summed E-state index contributed by atoms with van der Waals surface area (Å²) in [7, 11) is 0. The predicted octanol–water partition coefficient (Wildman–Crippen LogP) is 13.0. The van der Waals surface area contributed by atoms with Gasteiger partial charge >= 0.3 is 47.8 Å². The van der Waals surface area contributed by atoms with Crippen molar-refractivity contribution < 1.29 is 85.7 Å². The zero-order valence-electron chi connectivity index (χ0n) is 52.0. The first-order chi connectivity index (χ1) is 39.1. The normalized spacial score (nSPS) is 11.7. The van der Waals surface area contributed by atoms with E-state index in [0.717, 1.165) is 103 Å². The molecule has 0 aromatic rings. The number of unbranched alkanes of at least 4 members (excludes halogenated alkanes) is 16. The topological polar surface area (TPSA) is 229 Å². The smallest absolute Gasteiger partial charge is 0.305 e. The van der Waals surface area contributed by atoms with Crippen LogP contribution in [-0.2, 0) is 85.7 Å². The lowest BCUT2D eigenvalue weighted by molar-refractivity contribution is -0.178. The summed E-state index contributed by atoms with van der Waals surface area (Å²) in [6.07, 6.45) is 19.3. The maximum Gasteiger partial charge on any atom is 0.305 e. The third-order valence-corrected chi connectivity index (χ3v) is 13.8. The number of rotatable bonds is 56. The van der Waals surface area contributed by atoms with Gasteiger partial charge in [-0.2, -0.15) is 0 Å². The van der Waals surface area contributed by atoms with Crippen molar-refractivity contribution in [3.05, 3.63) is 0 Å². The minimum atomic E-state index is -1.48. The molecular formula is C63H112O18. The lowest BCUT2D eigenvalue weighted by Gasteiger charge is -2.37. The van der Waals surface area contributed by atoms with Crippen molar-refractivity contribution in [3.63, 3.8) is 0 Å². The second-order valence-corrected chi connectivity index (χ2v) is 22.4. The van der Waals surface area contributed by atoms with E-state index in [1.807, 2.05) is 55.4 Å². The Morgan fingerprint density at radius 1 is 0.198 bits per heavy atom. The van der Waals surface area contributed by atoms with Crippen LogP contribution in [0.15, 0.2) is 0 Å². The zero-order chi connectivity index (χ0) is 60.3. The molecule has 0 unspecified atom stereocenters. The van der Waals surface area contributed by atoms with E-state index in [1.54, 1.807) is 0 Å². The first kappa shape index (κ1) is 76.7. The van der Waals surface area contributed by atoms with Gasteiger partial charge in [0.25, 0.3) is 0 Å². The Hall–Kier alpha value is -4.32. The van der Waals surface area contributed by atoms with Crippen molar-refractivity contribution in [2.24, 2.45) is 16.2 Å². The lowest BCUT2D eigenvalue weighted by Crippen LogP contribution is -2.48. The molecule has 0 atom stereocenters. The quantitative estimate of drug-likeness (QED) is 0.0313. The molecule has 18 nitrogen and oxygen atoms in total. The van der Waals surface area contributed by atoms with Crippen LogP contribution in [0.25, 0.3) is 0 Å². The molecule has 0 aliphatic carbocycles. The fourth-order valence-electron chi connectivity index (χ4n) is 8.32. The van der Waals surface area contributed by atoms with E-state index < -0.39 is 64.0 Å². The maximum absolute atomic E-state index is 13.5. The van der Waals surface area contributed by atoms with Crippen LogP contribution in [0.3, 0.4) is 0 Å². The summed E-state index contributed by atoms with van der Waals surface area (Å²) in [6.45, 7) is 12.0. The van der Waals surface area contributed by atoms with Gasteiger partial charge in [-0.05, 0) is 51.4 Å². The molecule has 18 heteroatoms. The average Bonchev–Trinajstić information content (AvgIpc) is 3.45. The van der Waals surface area contributed by atoms with Gasteiger partial charge in [0.05, 0.1) is 42.7 Å². The van der Waals surface area contributed by atoms with Crippen LogP contribution in [-0.4, -0.2) is 127 Å². The molecular weight excluding hydrogens is 1040 g/mol. The molecule has 0 heterocycles. The lowest BCUT2D eigenvalue weighted by atomic mass is 9.89. The van der Waals surface area contributed by atoms with Crippen LogP contribution in [0.4, 0.5) is 0 Å². The van der Waals surface area contributed by atoms with Crippen molar-refractivity contribution in [3.8, 4) is 0 Å². The fourth-order valence-corrected chi connectivity index (χ4v) is 8.32. The second kappa shape index (κ2) is 50.2. The molecule has 0 fully saturated rings. The number of carbonyl (C=O) groups is 8. The van der Waals surface area contributed by atoms with Crippen LogP contribution in [0.2, 0.25) is 0 Å². The van der Waals surface area contributed by atoms with Gasteiger partial charge in [-0.25, -0.2) is 0 Å². The zero-order valence-corrected chi connectivity index (χ0v) is 52.0. The summed E-state index contributed by atoms with van der Waals surface area (Å²) in [4.78, 5) is 107. The summed E-state index contributed by atoms with van der Waals surface area (Å²) >= 11 is 0. The SMILES string of the molecule is CCCCCC(=O)OCC(COCC(COC(=O)CCCCC)(COC(=O)CCCCC)COC(=O)CCCCC)(COCC(COC(=O)CCCCC)(COC(=O)CCCCC)COC(=O)CCCCC)COC(=O)CCCCC. The van der Waals surface area contributed by atoms with Gasteiger partial charge in [0.15, 0.2) is 0 Å². The molecule has 0 N–H and O–H groups in total. The molecule has 0 saturated heterocycles. The summed E-state index contributed by atoms with van der Waals surface area (Å²) < 4.78 is 60.5. The van der Waals surface area contributed by atoms with E-state index >= 15 is 0 Å². The van der Waals surface area contributed by atoms with Crippen molar-refractivity contribution in [2.75, 3.05) is 79.3 Å². The molecule has 0 aromatic heterocycles. The molecule has 0 rings (SSSR count). The van der Waals surface area contributed by atoms with Gasteiger partial charge in [-0.3, -0.25) is 38.4 Å². The van der Waals surface area contributed by atoms with Gasteiger partial charge in [0.1, 0.15) is 52.9 Å². The third kappa shape index (κ3) is 41.3. The molecule has 0 aliphatic heterocycles. The molecule has 81 heavy (non-hydrogen) atoms. The van der Waals surface area contributed by atoms with E-state index in [1.165, 1.54) is 0 Å². The Morgan fingerprint density at radius 2 is 0.321 bits per heavy atom. The Kier molecular flexibility index (Phi) is 47.5. The van der Waals surface area contributed by atoms with E-state index in [0.29, 0.717) is 51.4 Å². The van der Waals surface area contributed by atoms with Gasteiger partial charge < -0.3 is 47.4 Å². The van der Waals surface area contributed by atoms with Gasteiger partial charge in [0.2, 0.25) is 0 Å². The van der Waals surface area contributed by atoms with Crippen molar-refractivity contribution in [2.45, 2.75) is 261 Å². The Labute approximate surface area is 488 Å². The largest absolute Gasteiger partial charge is 0.465 e. The van der Waals surface area contributed by atoms with Crippen molar-refractivity contribution in [1.82, 2.24) is 0 Å². The van der Waals surface area contributed by atoms with Gasteiger partial charge in [-0.15, -0.1) is 0 Å². The first-order valence-electron chi connectivity index (χ1n) is 31.5. The van der Waals surface area contributed by atoms with Crippen LogP contribution in [0.5, 0.6) is 0 Å². The average molecular weight is 1160 g/mol. The van der Waals surface area contributed by atoms with Gasteiger partial charge in [-0.1, -0.05) is 158 Å². The van der Waals surface area contributed by atoms with Gasteiger partial charge in [0, 0.05) is 51.4 Å². The number of esters is 8. The molecule has 0 aromatic carbocycles.